The summed E-state index contributed by atoms with van der Waals surface area (Å²) in [5, 5.41) is 20.1. The number of carboxylic acid groups (broad SMARTS) is 1. The van der Waals surface area contributed by atoms with Gasteiger partial charge in [-0.2, -0.15) is 4.68 Å². The van der Waals surface area contributed by atoms with Crippen LogP contribution in [0.15, 0.2) is 24.5 Å². The normalized spacial score (nSPS) is 22.3. The second-order valence-electron chi connectivity index (χ2n) is 6.21. The smallest absolute Gasteiger partial charge is 0.326 e. The zero-order valence-corrected chi connectivity index (χ0v) is 14.1. The topological polar surface area (TPSA) is 101 Å². The molecule has 1 saturated heterocycles. The van der Waals surface area contributed by atoms with Crippen LogP contribution in [-0.4, -0.2) is 54.2 Å². The number of aliphatic carboxylic acids is 1. The standard InChI is InChI=1S/C16H13ClFN5O3/c17-10-2-4-11(22-7-19-20-21-22)14(15(10)18)8-5-9-1-3-12(16(25)26)23(9)13(24)6-8/h2,4,6-7,9,12H,1,3,5H2,(H,25,26)/t9-,12+/m1/s1. The van der Waals surface area contributed by atoms with E-state index in [0.29, 0.717) is 30.5 Å². The predicted molar refractivity (Wildman–Crippen MR) is 88.0 cm³/mol. The zero-order valence-electron chi connectivity index (χ0n) is 13.3. The first-order valence-corrected chi connectivity index (χ1v) is 8.32. The van der Waals surface area contributed by atoms with Crippen LogP contribution in [0.3, 0.4) is 0 Å². The third-order valence-electron chi connectivity index (χ3n) is 4.79. The summed E-state index contributed by atoms with van der Waals surface area (Å²) >= 11 is 5.94. The molecule has 26 heavy (non-hydrogen) atoms. The third-order valence-corrected chi connectivity index (χ3v) is 5.08. The Bertz CT molecular complexity index is 930. The average Bonchev–Trinajstić information content (AvgIpc) is 3.26. The number of fused-ring (bicyclic) bond motifs is 1. The first-order chi connectivity index (χ1) is 12.5. The maximum atomic E-state index is 14.8. The van der Waals surface area contributed by atoms with Crippen molar-refractivity contribution in [1.82, 2.24) is 25.1 Å². The largest absolute Gasteiger partial charge is 0.480 e. The number of amides is 1. The summed E-state index contributed by atoms with van der Waals surface area (Å²) in [7, 11) is 0. The third kappa shape index (κ3) is 2.55. The van der Waals surface area contributed by atoms with Crippen LogP contribution in [0.2, 0.25) is 5.02 Å². The summed E-state index contributed by atoms with van der Waals surface area (Å²) < 4.78 is 16.1. The second kappa shape index (κ2) is 6.17. The quantitative estimate of drug-likeness (QED) is 0.873. The maximum absolute atomic E-state index is 14.8. The molecule has 2 aliphatic rings. The molecule has 0 aliphatic carbocycles. The molecule has 3 heterocycles. The lowest BCUT2D eigenvalue weighted by atomic mass is 9.92. The van der Waals surface area contributed by atoms with Gasteiger partial charge in [0.1, 0.15) is 12.4 Å². The fourth-order valence-electron chi connectivity index (χ4n) is 3.68. The van der Waals surface area contributed by atoms with Gasteiger partial charge in [-0.25, -0.2) is 9.18 Å². The summed E-state index contributed by atoms with van der Waals surface area (Å²) in [6.45, 7) is 0. The van der Waals surface area contributed by atoms with E-state index in [2.05, 4.69) is 15.5 Å². The van der Waals surface area contributed by atoms with Gasteiger partial charge >= 0.3 is 5.97 Å². The van der Waals surface area contributed by atoms with Gasteiger partial charge in [0.2, 0.25) is 5.91 Å². The molecule has 1 aromatic heterocycles. The number of nitrogens with zero attached hydrogens (tertiary/aromatic N) is 5. The highest BCUT2D eigenvalue weighted by Gasteiger charge is 2.43. The van der Waals surface area contributed by atoms with Gasteiger partial charge in [0.05, 0.1) is 10.7 Å². The summed E-state index contributed by atoms with van der Waals surface area (Å²) in [6, 6.07) is 1.84. The van der Waals surface area contributed by atoms with Crippen molar-refractivity contribution in [3.05, 3.63) is 40.9 Å². The van der Waals surface area contributed by atoms with Gasteiger partial charge in [-0.3, -0.25) is 4.79 Å². The van der Waals surface area contributed by atoms with Crippen LogP contribution >= 0.6 is 11.6 Å². The number of hydrogen-bond acceptors (Lipinski definition) is 5. The van der Waals surface area contributed by atoms with E-state index in [1.807, 2.05) is 0 Å². The number of benzene rings is 1. The van der Waals surface area contributed by atoms with Crippen LogP contribution in [0.25, 0.3) is 11.3 Å². The molecule has 8 nitrogen and oxygen atoms in total. The minimum atomic E-state index is -1.03. The number of carbonyl (C=O) groups is 2. The molecule has 1 aromatic carbocycles. The van der Waals surface area contributed by atoms with Gasteiger partial charge in [-0.05, 0) is 47.4 Å². The van der Waals surface area contributed by atoms with Crippen LogP contribution in [-0.2, 0) is 9.59 Å². The summed E-state index contributed by atoms with van der Waals surface area (Å²) in [5.74, 6) is -2.14. The number of carbonyl (C=O) groups excluding carboxylic acids is 1. The molecule has 0 radical (unpaired) electrons. The Morgan fingerprint density at radius 1 is 1.35 bits per heavy atom. The Morgan fingerprint density at radius 3 is 2.85 bits per heavy atom. The minimum Gasteiger partial charge on any atom is -0.480 e. The van der Waals surface area contributed by atoms with Crippen LogP contribution in [0.1, 0.15) is 24.8 Å². The molecule has 2 atom stereocenters. The number of halogens is 2. The number of tetrazole rings is 1. The lowest BCUT2D eigenvalue weighted by molar-refractivity contribution is -0.147. The van der Waals surface area contributed by atoms with E-state index in [4.69, 9.17) is 11.6 Å². The van der Waals surface area contributed by atoms with Crippen molar-refractivity contribution in [3.63, 3.8) is 0 Å². The molecule has 2 aliphatic heterocycles. The van der Waals surface area contributed by atoms with E-state index < -0.39 is 23.7 Å². The van der Waals surface area contributed by atoms with Crippen molar-refractivity contribution in [2.45, 2.75) is 31.3 Å². The molecule has 1 amide bonds. The highest BCUT2D eigenvalue weighted by atomic mass is 35.5. The highest BCUT2D eigenvalue weighted by molar-refractivity contribution is 6.31. The van der Waals surface area contributed by atoms with Crippen molar-refractivity contribution in [2.75, 3.05) is 0 Å². The van der Waals surface area contributed by atoms with Crippen LogP contribution in [0, 0.1) is 5.82 Å². The summed E-state index contributed by atoms with van der Waals surface area (Å²) in [5.41, 5.74) is 0.960. The molecule has 10 heteroatoms. The van der Waals surface area contributed by atoms with Gasteiger partial charge in [0.15, 0.2) is 5.82 Å². The molecule has 0 spiro atoms. The molecule has 0 saturated carbocycles. The van der Waals surface area contributed by atoms with Crippen LogP contribution < -0.4 is 0 Å². The van der Waals surface area contributed by atoms with Gasteiger partial charge in [0.25, 0.3) is 0 Å². The van der Waals surface area contributed by atoms with E-state index in [1.165, 1.54) is 28.1 Å². The molecule has 1 fully saturated rings. The Kier molecular flexibility index (Phi) is 3.95. The van der Waals surface area contributed by atoms with Crippen molar-refractivity contribution < 1.29 is 19.1 Å². The van der Waals surface area contributed by atoms with Gasteiger partial charge < -0.3 is 10.0 Å². The van der Waals surface area contributed by atoms with Gasteiger partial charge in [-0.1, -0.05) is 11.6 Å². The minimum absolute atomic E-state index is 0.0811. The summed E-state index contributed by atoms with van der Waals surface area (Å²) in [4.78, 5) is 25.3. The van der Waals surface area contributed by atoms with Gasteiger partial charge in [-0.15, -0.1) is 5.10 Å². The van der Waals surface area contributed by atoms with E-state index in [0.717, 1.165) is 0 Å². The van der Waals surface area contributed by atoms with Crippen LogP contribution in [0.5, 0.6) is 0 Å². The van der Waals surface area contributed by atoms with E-state index in [-0.39, 0.29) is 16.6 Å². The lowest BCUT2D eigenvalue weighted by Gasteiger charge is -2.32. The first kappa shape index (κ1) is 16.6. The number of carboxylic acids is 1. The van der Waals surface area contributed by atoms with E-state index >= 15 is 0 Å². The van der Waals surface area contributed by atoms with Crippen molar-refractivity contribution in [2.24, 2.45) is 0 Å². The molecule has 134 valence electrons. The Balaban J connectivity index is 1.81. The monoisotopic (exact) mass is 377 g/mol. The lowest BCUT2D eigenvalue weighted by Crippen LogP contribution is -2.46. The van der Waals surface area contributed by atoms with Crippen molar-refractivity contribution in [3.8, 4) is 5.69 Å². The fraction of sp³-hybridized carbons (Fsp3) is 0.312. The van der Waals surface area contributed by atoms with Crippen molar-refractivity contribution >= 4 is 29.1 Å². The van der Waals surface area contributed by atoms with E-state index in [1.54, 1.807) is 6.07 Å². The highest BCUT2D eigenvalue weighted by Crippen LogP contribution is 2.39. The molecule has 4 rings (SSSR count). The molecular weight excluding hydrogens is 365 g/mol. The average molecular weight is 378 g/mol. The Hall–Kier alpha value is -2.81. The first-order valence-electron chi connectivity index (χ1n) is 7.94. The van der Waals surface area contributed by atoms with Crippen LogP contribution in [0.4, 0.5) is 4.39 Å². The molecular formula is C16H13ClFN5O3. The Labute approximate surface area is 151 Å². The number of rotatable bonds is 3. The predicted octanol–water partition coefficient (Wildman–Crippen LogP) is 1.69. The molecule has 1 N–H and O–H groups in total. The molecule has 2 aromatic rings. The summed E-state index contributed by atoms with van der Waals surface area (Å²) in [6.07, 6.45) is 3.86. The second-order valence-corrected chi connectivity index (χ2v) is 6.62. The fourth-order valence-corrected chi connectivity index (χ4v) is 3.84. The SMILES string of the molecule is O=C(O)[C@@H]1CC[C@@H]2CC(c3c(-n4cnnn4)ccc(Cl)c3F)=CC(=O)N21. The molecule has 0 bridgehead atoms. The number of aromatic nitrogens is 4. The maximum Gasteiger partial charge on any atom is 0.326 e. The zero-order chi connectivity index (χ0) is 18.4. The molecule has 0 unspecified atom stereocenters. The van der Waals surface area contributed by atoms with E-state index in [9.17, 15) is 19.1 Å². The van der Waals surface area contributed by atoms with Crippen molar-refractivity contribution in [1.29, 1.82) is 0 Å². The Morgan fingerprint density at radius 2 is 2.15 bits per heavy atom. The number of hydrogen-bond donors (Lipinski definition) is 1. The van der Waals surface area contributed by atoms with Gasteiger partial charge in [0, 0.05) is 17.7 Å².